The summed E-state index contributed by atoms with van der Waals surface area (Å²) in [5, 5.41) is 2.92. The van der Waals surface area contributed by atoms with Crippen LogP contribution in [0.25, 0.3) is 0 Å². The van der Waals surface area contributed by atoms with Crippen LogP contribution in [0.3, 0.4) is 0 Å². The number of carbonyl (C=O) groups is 1. The summed E-state index contributed by atoms with van der Waals surface area (Å²) in [7, 11) is -3.56. The fraction of sp³-hybridized carbons (Fsp3) is 0.296. The van der Waals surface area contributed by atoms with Gasteiger partial charge in [-0.15, -0.1) is 0 Å². The number of sulfonamides is 1. The van der Waals surface area contributed by atoms with E-state index in [-0.39, 0.29) is 29.2 Å². The van der Waals surface area contributed by atoms with Gasteiger partial charge in [0, 0.05) is 24.1 Å². The first-order chi connectivity index (χ1) is 16.0. The van der Waals surface area contributed by atoms with Gasteiger partial charge in [-0.1, -0.05) is 79.9 Å². The van der Waals surface area contributed by atoms with Crippen molar-refractivity contribution in [2.45, 2.75) is 55.4 Å². The molecular formula is C27H30N2O3S. The van der Waals surface area contributed by atoms with Gasteiger partial charge in [0.15, 0.2) is 0 Å². The van der Waals surface area contributed by atoms with Gasteiger partial charge in [0.1, 0.15) is 0 Å². The second-order valence-corrected chi connectivity index (χ2v) is 10.3. The lowest BCUT2D eigenvalue weighted by atomic mass is 9.88. The summed E-state index contributed by atoms with van der Waals surface area (Å²) < 4.78 is 28.2. The molecule has 1 fully saturated rings. The Morgan fingerprint density at radius 2 is 1.33 bits per heavy atom. The summed E-state index contributed by atoms with van der Waals surface area (Å²) in [4.78, 5) is 13.1. The molecule has 0 unspecified atom stereocenters. The quantitative estimate of drug-likeness (QED) is 0.467. The van der Waals surface area contributed by atoms with Crippen LogP contribution in [0, 0.1) is 0 Å². The molecular weight excluding hydrogens is 432 g/mol. The van der Waals surface area contributed by atoms with E-state index in [4.69, 9.17) is 0 Å². The Labute approximate surface area is 196 Å². The monoisotopic (exact) mass is 462 g/mol. The van der Waals surface area contributed by atoms with E-state index in [1.54, 1.807) is 24.3 Å². The van der Waals surface area contributed by atoms with E-state index < -0.39 is 10.0 Å². The van der Waals surface area contributed by atoms with Gasteiger partial charge >= 0.3 is 0 Å². The van der Waals surface area contributed by atoms with Gasteiger partial charge in [0.05, 0.1) is 4.90 Å². The van der Waals surface area contributed by atoms with E-state index in [2.05, 4.69) is 10.0 Å². The lowest BCUT2D eigenvalue weighted by Crippen LogP contribution is -2.36. The number of anilines is 1. The summed E-state index contributed by atoms with van der Waals surface area (Å²) in [6, 6.07) is 26.4. The van der Waals surface area contributed by atoms with E-state index in [1.807, 2.05) is 60.7 Å². The van der Waals surface area contributed by atoms with Crippen molar-refractivity contribution in [3.63, 3.8) is 0 Å². The maximum atomic E-state index is 12.9. The van der Waals surface area contributed by atoms with Crippen LogP contribution in [0.2, 0.25) is 0 Å². The molecule has 5 nitrogen and oxygen atoms in total. The molecule has 33 heavy (non-hydrogen) atoms. The summed E-state index contributed by atoms with van der Waals surface area (Å²) in [6.45, 7) is 0. The van der Waals surface area contributed by atoms with Gasteiger partial charge in [-0.3, -0.25) is 4.79 Å². The van der Waals surface area contributed by atoms with Crippen molar-refractivity contribution in [2.75, 3.05) is 5.32 Å². The summed E-state index contributed by atoms with van der Waals surface area (Å²) in [6.07, 6.45) is 5.35. The summed E-state index contributed by atoms with van der Waals surface area (Å²) >= 11 is 0. The molecule has 1 saturated carbocycles. The van der Waals surface area contributed by atoms with E-state index >= 15 is 0 Å². The number of rotatable bonds is 8. The lowest BCUT2D eigenvalue weighted by Gasteiger charge is -2.22. The number of carbonyl (C=O) groups excluding carboxylic acids is 1. The van der Waals surface area contributed by atoms with Crippen LogP contribution in [0.15, 0.2) is 89.8 Å². The second-order valence-electron chi connectivity index (χ2n) is 8.61. The topological polar surface area (TPSA) is 75.3 Å². The van der Waals surface area contributed by atoms with Crippen molar-refractivity contribution in [3.8, 4) is 0 Å². The Hall–Kier alpha value is -2.96. The van der Waals surface area contributed by atoms with Crippen molar-refractivity contribution in [1.82, 2.24) is 4.72 Å². The zero-order valence-corrected chi connectivity index (χ0v) is 19.4. The van der Waals surface area contributed by atoms with Crippen LogP contribution in [0.1, 0.15) is 55.6 Å². The SMILES string of the molecule is O=C(CC(c1ccccc1)c1ccccc1)Nc1ccc(S(=O)(=O)NC2CCCCC2)cc1. The molecule has 0 aliphatic heterocycles. The smallest absolute Gasteiger partial charge is 0.240 e. The summed E-state index contributed by atoms with van der Waals surface area (Å²) in [5.41, 5.74) is 2.74. The molecule has 2 N–H and O–H groups in total. The first-order valence-electron chi connectivity index (χ1n) is 11.5. The van der Waals surface area contributed by atoms with E-state index in [9.17, 15) is 13.2 Å². The Kier molecular flexibility index (Phi) is 7.57. The van der Waals surface area contributed by atoms with Gasteiger partial charge < -0.3 is 5.32 Å². The standard InChI is InChI=1S/C27H30N2O3S/c30-27(20-26(21-10-4-1-5-11-21)22-12-6-2-7-13-22)28-23-16-18-25(19-17-23)33(31,32)29-24-14-8-3-9-15-24/h1-2,4-7,10-13,16-19,24,26,29H,3,8-9,14-15,20H2,(H,28,30). The van der Waals surface area contributed by atoms with Crippen LogP contribution >= 0.6 is 0 Å². The van der Waals surface area contributed by atoms with E-state index in [0.29, 0.717) is 5.69 Å². The molecule has 0 radical (unpaired) electrons. The van der Waals surface area contributed by atoms with Gasteiger partial charge in [-0.2, -0.15) is 0 Å². The molecule has 1 aliphatic rings. The van der Waals surface area contributed by atoms with Crippen molar-refractivity contribution >= 4 is 21.6 Å². The first kappa shape index (κ1) is 23.2. The predicted octanol–water partition coefficient (Wildman–Crippen LogP) is 5.46. The number of nitrogens with one attached hydrogen (secondary N) is 2. The molecule has 0 saturated heterocycles. The van der Waals surface area contributed by atoms with Crippen molar-refractivity contribution in [3.05, 3.63) is 96.1 Å². The highest BCUT2D eigenvalue weighted by atomic mass is 32.2. The van der Waals surface area contributed by atoms with Gasteiger partial charge in [-0.25, -0.2) is 13.1 Å². The Balaban J connectivity index is 1.42. The van der Waals surface area contributed by atoms with Gasteiger partial charge in [-0.05, 0) is 48.2 Å². The van der Waals surface area contributed by atoms with Crippen LogP contribution in [0.4, 0.5) is 5.69 Å². The normalized spacial score (nSPS) is 14.8. The molecule has 0 bridgehead atoms. The Morgan fingerprint density at radius 3 is 1.88 bits per heavy atom. The molecule has 1 amide bonds. The average molecular weight is 463 g/mol. The zero-order chi connectivity index (χ0) is 23.1. The minimum absolute atomic E-state index is 0.0102. The average Bonchev–Trinajstić information content (AvgIpc) is 2.84. The molecule has 0 atom stereocenters. The third-order valence-corrected chi connectivity index (χ3v) is 7.71. The Morgan fingerprint density at radius 1 is 0.788 bits per heavy atom. The number of amides is 1. The lowest BCUT2D eigenvalue weighted by molar-refractivity contribution is -0.116. The van der Waals surface area contributed by atoms with Crippen LogP contribution in [0.5, 0.6) is 0 Å². The molecule has 3 aromatic rings. The van der Waals surface area contributed by atoms with Crippen LogP contribution in [-0.4, -0.2) is 20.4 Å². The fourth-order valence-electron chi connectivity index (χ4n) is 4.42. The van der Waals surface area contributed by atoms with Crippen molar-refractivity contribution in [2.24, 2.45) is 0 Å². The molecule has 172 valence electrons. The third-order valence-electron chi connectivity index (χ3n) is 6.17. The van der Waals surface area contributed by atoms with Gasteiger partial charge in [0.2, 0.25) is 15.9 Å². The molecule has 0 heterocycles. The molecule has 6 heteroatoms. The summed E-state index contributed by atoms with van der Waals surface area (Å²) in [5.74, 6) is -0.185. The predicted molar refractivity (Wildman–Crippen MR) is 132 cm³/mol. The molecule has 0 spiro atoms. The highest BCUT2D eigenvalue weighted by Gasteiger charge is 2.22. The maximum Gasteiger partial charge on any atom is 0.240 e. The maximum absolute atomic E-state index is 12.9. The van der Waals surface area contributed by atoms with Crippen LogP contribution < -0.4 is 10.0 Å². The fourth-order valence-corrected chi connectivity index (χ4v) is 5.73. The number of benzene rings is 3. The van der Waals surface area contributed by atoms with Gasteiger partial charge in [0.25, 0.3) is 0 Å². The molecule has 0 aromatic heterocycles. The number of hydrogen-bond acceptors (Lipinski definition) is 3. The number of hydrogen-bond donors (Lipinski definition) is 2. The minimum Gasteiger partial charge on any atom is -0.326 e. The van der Waals surface area contributed by atoms with E-state index in [0.717, 1.165) is 36.8 Å². The molecule has 1 aliphatic carbocycles. The first-order valence-corrected chi connectivity index (χ1v) is 13.0. The highest BCUT2D eigenvalue weighted by Crippen LogP contribution is 2.28. The minimum atomic E-state index is -3.56. The zero-order valence-electron chi connectivity index (χ0n) is 18.6. The second kappa shape index (κ2) is 10.8. The molecule has 3 aromatic carbocycles. The largest absolute Gasteiger partial charge is 0.326 e. The molecule has 4 rings (SSSR count). The van der Waals surface area contributed by atoms with Crippen molar-refractivity contribution < 1.29 is 13.2 Å². The van der Waals surface area contributed by atoms with E-state index in [1.165, 1.54) is 6.42 Å². The Bertz CT molecular complexity index is 1100. The van der Waals surface area contributed by atoms with Crippen molar-refractivity contribution in [1.29, 1.82) is 0 Å². The third kappa shape index (κ3) is 6.30. The van der Waals surface area contributed by atoms with Crippen LogP contribution in [-0.2, 0) is 14.8 Å². The highest BCUT2D eigenvalue weighted by molar-refractivity contribution is 7.89.